The molecule has 0 aliphatic carbocycles. The Morgan fingerprint density at radius 1 is 1.45 bits per heavy atom. The number of ether oxygens (including phenoxy) is 2. The highest BCUT2D eigenvalue weighted by atomic mass is 32.2. The summed E-state index contributed by atoms with van der Waals surface area (Å²) in [6.45, 7) is 5.73. The Bertz CT molecular complexity index is 459. The molecule has 3 rings (SSSR count). The van der Waals surface area contributed by atoms with E-state index in [1.54, 1.807) is 0 Å². The smallest absolute Gasteiger partial charge is 0.191 e. The van der Waals surface area contributed by atoms with E-state index in [9.17, 15) is 0 Å². The van der Waals surface area contributed by atoms with Crippen LogP contribution in [0.25, 0.3) is 0 Å². The van der Waals surface area contributed by atoms with Crippen molar-refractivity contribution in [3.05, 3.63) is 5.82 Å². The average Bonchev–Trinajstić information content (AvgIpc) is 3.01. The van der Waals surface area contributed by atoms with Gasteiger partial charge < -0.3 is 19.8 Å². The topological polar surface area (TPSA) is 75.2 Å². The van der Waals surface area contributed by atoms with Crippen LogP contribution in [0.1, 0.15) is 25.1 Å². The average molecular weight is 298 g/mol. The van der Waals surface area contributed by atoms with Crippen LogP contribution in [0, 0.1) is 6.92 Å². The Hall–Kier alpha value is -0.630. The fraction of sp³-hybridized carbons (Fsp3) is 0.846. The fourth-order valence-corrected chi connectivity index (χ4v) is 4.27. The third-order valence-electron chi connectivity index (χ3n) is 4.04. The van der Waals surface area contributed by atoms with Gasteiger partial charge in [-0.1, -0.05) is 11.8 Å². The molecule has 3 heterocycles. The second kappa shape index (κ2) is 6.01. The van der Waals surface area contributed by atoms with E-state index in [2.05, 4.69) is 14.8 Å². The van der Waals surface area contributed by atoms with Gasteiger partial charge in [0.2, 0.25) is 0 Å². The van der Waals surface area contributed by atoms with Crippen LogP contribution in [-0.2, 0) is 16.0 Å². The molecule has 0 aromatic carbocycles. The zero-order valence-corrected chi connectivity index (χ0v) is 12.7. The van der Waals surface area contributed by atoms with Crippen molar-refractivity contribution >= 4 is 11.8 Å². The zero-order chi connectivity index (χ0) is 14.0. The number of rotatable bonds is 4. The predicted octanol–water partition coefficient (Wildman–Crippen LogP) is 0.975. The SMILES string of the molecule is Cc1nnc(SC2CCOC3(CCOC3)C2)n1CCN. The highest BCUT2D eigenvalue weighted by Gasteiger charge is 2.41. The summed E-state index contributed by atoms with van der Waals surface area (Å²) in [7, 11) is 0. The van der Waals surface area contributed by atoms with Gasteiger partial charge in [0.25, 0.3) is 0 Å². The number of nitrogens with zero attached hydrogens (tertiary/aromatic N) is 3. The molecule has 20 heavy (non-hydrogen) atoms. The van der Waals surface area contributed by atoms with Gasteiger partial charge in [-0.05, 0) is 19.8 Å². The van der Waals surface area contributed by atoms with E-state index < -0.39 is 0 Å². The molecule has 112 valence electrons. The number of nitrogens with two attached hydrogens (primary N) is 1. The third kappa shape index (κ3) is 2.86. The van der Waals surface area contributed by atoms with E-state index in [1.165, 1.54) is 0 Å². The summed E-state index contributed by atoms with van der Waals surface area (Å²) in [4.78, 5) is 0. The molecule has 2 unspecified atom stereocenters. The van der Waals surface area contributed by atoms with Crippen molar-refractivity contribution in [3.63, 3.8) is 0 Å². The third-order valence-corrected chi connectivity index (χ3v) is 5.29. The van der Waals surface area contributed by atoms with Crippen molar-refractivity contribution in [3.8, 4) is 0 Å². The maximum absolute atomic E-state index is 5.98. The van der Waals surface area contributed by atoms with Crippen LogP contribution < -0.4 is 5.73 Å². The summed E-state index contributed by atoms with van der Waals surface area (Å²) in [6.07, 6.45) is 3.10. The first-order chi connectivity index (χ1) is 9.72. The van der Waals surface area contributed by atoms with Gasteiger partial charge in [-0.25, -0.2) is 0 Å². The Morgan fingerprint density at radius 2 is 2.35 bits per heavy atom. The summed E-state index contributed by atoms with van der Waals surface area (Å²) < 4.78 is 13.6. The van der Waals surface area contributed by atoms with E-state index in [1.807, 2.05) is 18.7 Å². The van der Waals surface area contributed by atoms with Crippen LogP contribution in [0.2, 0.25) is 0 Å². The van der Waals surface area contributed by atoms with Gasteiger partial charge in [-0.2, -0.15) is 0 Å². The molecule has 2 N–H and O–H groups in total. The van der Waals surface area contributed by atoms with Crippen molar-refractivity contribution in [2.75, 3.05) is 26.4 Å². The minimum Gasteiger partial charge on any atom is -0.378 e. The Labute approximate surface area is 123 Å². The predicted molar refractivity (Wildman–Crippen MR) is 76.8 cm³/mol. The van der Waals surface area contributed by atoms with E-state index in [-0.39, 0.29) is 5.60 Å². The molecule has 0 saturated carbocycles. The van der Waals surface area contributed by atoms with Crippen LogP contribution >= 0.6 is 11.8 Å². The van der Waals surface area contributed by atoms with Gasteiger partial charge >= 0.3 is 0 Å². The molecule has 0 amide bonds. The van der Waals surface area contributed by atoms with E-state index in [0.29, 0.717) is 11.8 Å². The van der Waals surface area contributed by atoms with Gasteiger partial charge in [-0.3, -0.25) is 0 Å². The van der Waals surface area contributed by atoms with Crippen LogP contribution in [0.15, 0.2) is 5.16 Å². The second-order valence-corrected chi connectivity index (χ2v) is 6.80. The number of aryl methyl sites for hydroxylation is 1. The first kappa shape index (κ1) is 14.3. The number of aromatic nitrogens is 3. The largest absolute Gasteiger partial charge is 0.378 e. The first-order valence-electron chi connectivity index (χ1n) is 7.21. The lowest BCUT2D eigenvalue weighted by Gasteiger charge is -2.36. The highest BCUT2D eigenvalue weighted by Crippen LogP contribution is 2.39. The molecule has 1 aromatic rings. The van der Waals surface area contributed by atoms with Crippen LogP contribution in [0.5, 0.6) is 0 Å². The fourth-order valence-electron chi connectivity index (χ4n) is 2.93. The van der Waals surface area contributed by atoms with E-state index >= 15 is 0 Å². The van der Waals surface area contributed by atoms with Crippen molar-refractivity contribution < 1.29 is 9.47 Å². The van der Waals surface area contributed by atoms with Crippen LogP contribution in [0.4, 0.5) is 0 Å². The summed E-state index contributed by atoms with van der Waals surface area (Å²) in [5.41, 5.74) is 5.61. The number of hydrogen-bond acceptors (Lipinski definition) is 6. The van der Waals surface area contributed by atoms with Crippen molar-refractivity contribution in [1.82, 2.24) is 14.8 Å². The van der Waals surface area contributed by atoms with Gasteiger partial charge in [0.1, 0.15) is 5.82 Å². The Balaban J connectivity index is 1.68. The molecule has 2 atom stereocenters. The maximum atomic E-state index is 5.98. The molecule has 2 saturated heterocycles. The minimum absolute atomic E-state index is 0.0519. The standard InChI is InChI=1S/C13H22N4O2S/c1-10-15-16-12(17(10)5-4-14)20-11-2-6-19-13(8-11)3-7-18-9-13/h11H,2-9,14H2,1H3. The zero-order valence-electron chi connectivity index (χ0n) is 11.9. The molecule has 0 bridgehead atoms. The van der Waals surface area contributed by atoms with E-state index in [0.717, 1.165) is 56.6 Å². The van der Waals surface area contributed by atoms with Crippen molar-refractivity contribution in [2.24, 2.45) is 5.73 Å². The molecule has 1 spiro atoms. The maximum Gasteiger partial charge on any atom is 0.191 e. The summed E-state index contributed by atoms with van der Waals surface area (Å²) in [5.74, 6) is 0.934. The normalized spacial score (nSPS) is 30.2. The Morgan fingerprint density at radius 3 is 3.10 bits per heavy atom. The van der Waals surface area contributed by atoms with Crippen LogP contribution in [0.3, 0.4) is 0 Å². The minimum atomic E-state index is -0.0519. The molecular formula is C13H22N4O2S. The first-order valence-corrected chi connectivity index (χ1v) is 8.09. The van der Waals surface area contributed by atoms with Crippen LogP contribution in [-0.4, -0.2) is 52.0 Å². The van der Waals surface area contributed by atoms with Gasteiger partial charge in [0, 0.05) is 38.0 Å². The summed E-state index contributed by atoms with van der Waals surface area (Å²) in [6, 6.07) is 0. The Kier molecular flexibility index (Phi) is 4.30. The summed E-state index contributed by atoms with van der Waals surface area (Å²) >= 11 is 1.81. The van der Waals surface area contributed by atoms with Crippen molar-refractivity contribution in [2.45, 2.75) is 48.7 Å². The molecule has 6 nitrogen and oxygen atoms in total. The van der Waals surface area contributed by atoms with Gasteiger partial charge in [0.05, 0.1) is 12.2 Å². The molecule has 0 radical (unpaired) electrons. The molecule has 2 fully saturated rings. The monoisotopic (exact) mass is 298 g/mol. The number of hydrogen-bond donors (Lipinski definition) is 1. The molecule has 2 aliphatic rings. The lowest BCUT2D eigenvalue weighted by Crippen LogP contribution is -2.41. The lowest BCUT2D eigenvalue weighted by molar-refractivity contribution is -0.0770. The van der Waals surface area contributed by atoms with Gasteiger partial charge in [0.15, 0.2) is 5.16 Å². The quantitative estimate of drug-likeness (QED) is 0.893. The van der Waals surface area contributed by atoms with Gasteiger partial charge in [-0.15, -0.1) is 10.2 Å². The molecule has 2 aliphatic heterocycles. The molecule has 7 heteroatoms. The highest BCUT2D eigenvalue weighted by molar-refractivity contribution is 7.99. The van der Waals surface area contributed by atoms with Crippen molar-refractivity contribution in [1.29, 1.82) is 0 Å². The molecular weight excluding hydrogens is 276 g/mol. The molecule has 1 aromatic heterocycles. The van der Waals surface area contributed by atoms with E-state index in [4.69, 9.17) is 15.2 Å². The second-order valence-electron chi connectivity index (χ2n) is 5.54. The number of thioether (sulfide) groups is 1. The lowest BCUT2D eigenvalue weighted by atomic mass is 9.93. The summed E-state index contributed by atoms with van der Waals surface area (Å²) in [5, 5.41) is 9.96.